The number of fused-ring (bicyclic) bond motifs is 1. The van der Waals surface area contributed by atoms with Gasteiger partial charge in [0.25, 0.3) is 0 Å². The second-order valence-electron chi connectivity index (χ2n) is 7.54. The number of amides is 1. The predicted octanol–water partition coefficient (Wildman–Crippen LogP) is 1.53. The van der Waals surface area contributed by atoms with E-state index >= 15 is 0 Å². The number of rotatable bonds is 4. The van der Waals surface area contributed by atoms with Gasteiger partial charge in [0.2, 0.25) is 15.9 Å². The van der Waals surface area contributed by atoms with Gasteiger partial charge < -0.3 is 15.8 Å². The van der Waals surface area contributed by atoms with E-state index in [1.54, 1.807) is 24.3 Å². The highest BCUT2D eigenvalue weighted by atomic mass is 32.2. The van der Waals surface area contributed by atoms with Crippen molar-refractivity contribution in [2.45, 2.75) is 38.3 Å². The molecule has 1 aliphatic heterocycles. The predicted molar refractivity (Wildman–Crippen MR) is 96.7 cm³/mol. The summed E-state index contributed by atoms with van der Waals surface area (Å²) in [6, 6.07) is 6.49. The quantitative estimate of drug-likeness (QED) is 0.747. The molecule has 3 rings (SSSR count). The topological polar surface area (TPSA) is 111 Å². The van der Waals surface area contributed by atoms with Crippen LogP contribution in [0.2, 0.25) is 0 Å². The molecule has 0 aromatic heterocycles. The Morgan fingerprint density at radius 1 is 1.24 bits per heavy atom. The minimum atomic E-state index is -3.33. The maximum absolute atomic E-state index is 12.9. The molecule has 1 aromatic carbocycles. The van der Waals surface area contributed by atoms with Gasteiger partial charge in [0.1, 0.15) is 5.54 Å². The van der Waals surface area contributed by atoms with E-state index < -0.39 is 21.0 Å². The minimum absolute atomic E-state index is 0.0123. The van der Waals surface area contributed by atoms with Crippen LogP contribution in [0.1, 0.15) is 26.7 Å². The monoisotopic (exact) mass is 367 g/mol. The average molecular weight is 367 g/mol. The Morgan fingerprint density at radius 3 is 2.44 bits per heavy atom. The van der Waals surface area contributed by atoms with E-state index in [0.29, 0.717) is 11.4 Å². The van der Waals surface area contributed by atoms with Crippen LogP contribution < -0.4 is 15.8 Å². The molecule has 1 saturated carbocycles. The average Bonchev–Trinajstić information content (AvgIpc) is 2.54. The summed E-state index contributed by atoms with van der Waals surface area (Å²) in [4.78, 5) is 12.9. The molecule has 138 valence electrons. The molecule has 0 bridgehead atoms. The first-order chi connectivity index (χ1) is 11.6. The molecule has 4 N–H and O–H groups in total. The molecule has 1 aliphatic carbocycles. The highest BCUT2D eigenvalue weighted by molar-refractivity contribution is 7.92. The summed E-state index contributed by atoms with van der Waals surface area (Å²) in [7, 11) is -3.33. The zero-order chi connectivity index (χ0) is 18.5. The normalized spacial score (nSPS) is 30.7. The van der Waals surface area contributed by atoms with Crippen molar-refractivity contribution in [1.82, 2.24) is 0 Å². The van der Waals surface area contributed by atoms with Crippen LogP contribution in [0.4, 0.5) is 11.4 Å². The number of ether oxygens (including phenoxy) is 1. The van der Waals surface area contributed by atoms with Gasteiger partial charge in [-0.05, 0) is 37.1 Å². The number of hydrogen-bond donors (Lipinski definition) is 3. The number of benzene rings is 1. The summed E-state index contributed by atoms with van der Waals surface area (Å²) in [6.07, 6.45) is 2.89. The Morgan fingerprint density at radius 2 is 1.84 bits per heavy atom. The van der Waals surface area contributed by atoms with Crippen molar-refractivity contribution >= 4 is 27.3 Å². The Kier molecular flexibility index (Phi) is 4.33. The Labute approximate surface area is 148 Å². The number of anilines is 2. The maximum atomic E-state index is 12.9. The number of hydrogen-bond acceptors (Lipinski definition) is 5. The second-order valence-corrected chi connectivity index (χ2v) is 9.28. The molecule has 3 unspecified atom stereocenters. The number of carbonyl (C=O) groups excluding carboxylic acids is 1. The van der Waals surface area contributed by atoms with Gasteiger partial charge in [0, 0.05) is 29.3 Å². The largest absolute Gasteiger partial charge is 0.377 e. The minimum Gasteiger partial charge on any atom is -0.377 e. The summed E-state index contributed by atoms with van der Waals surface area (Å²) >= 11 is 0. The van der Waals surface area contributed by atoms with Crippen LogP contribution >= 0.6 is 0 Å². The molecule has 7 nitrogen and oxygen atoms in total. The molecule has 1 amide bonds. The van der Waals surface area contributed by atoms with Gasteiger partial charge in [-0.2, -0.15) is 0 Å². The first-order valence-electron chi connectivity index (χ1n) is 8.35. The Balaban J connectivity index is 1.73. The highest BCUT2D eigenvalue weighted by Gasteiger charge is 2.70. The molecule has 3 atom stereocenters. The Hall–Kier alpha value is -1.64. The number of nitrogens with one attached hydrogen (secondary N) is 2. The first kappa shape index (κ1) is 18.2. The summed E-state index contributed by atoms with van der Waals surface area (Å²) in [6.45, 7) is 4.66. The second kappa shape index (κ2) is 5.96. The van der Waals surface area contributed by atoms with Crippen LogP contribution in [-0.4, -0.2) is 38.8 Å². The summed E-state index contributed by atoms with van der Waals surface area (Å²) in [5.41, 5.74) is 6.14. The van der Waals surface area contributed by atoms with Crippen LogP contribution in [0.3, 0.4) is 0 Å². The van der Waals surface area contributed by atoms with E-state index in [1.807, 2.05) is 13.8 Å². The van der Waals surface area contributed by atoms with Crippen molar-refractivity contribution in [2.24, 2.45) is 17.1 Å². The van der Waals surface area contributed by atoms with Crippen LogP contribution in [-0.2, 0) is 19.6 Å². The molecule has 1 saturated heterocycles. The van der Waals surface area contributed by atoms with Crippen molar-refractivity contribution in [3.8, 4) is 0 Å². The number of sulfonamides is 1. The third-order valence-corrected chi connectivity index (χ3v) is 6.11. The lowest BCUT2D eigenvalue weighted by molar-refractivity contribution is -0.222. The van der Waals surface area contributed by atoms with Gasteiger partial charge in [-0.15, -0.1) is 0 Å². The van der Waals surface area contributed by atoms with Crippen molar-refractivity contribution in [2.75, 3.05) is 22.9 Å². The lowest BCUT2D eigenvalue weighted by atomic mass is 9.46. The zero-order valence-corrected chi connectivity index (χ0v) is 15.5. The SMILES string of the molecule is CC1(C)C2OCCCC2C1(N)C(=O)Nc1ccc(NS(C)(=O)=O)cc1. The lowest BCUT2D eigenvalue weighted by Gasteiger charge is -2.65. The van der Waals surface area contributed by atoms with Gasteiger partial charge in [-0.1, -0.05) is 13.8 Å². The number of carbonyl (C=O) groups is 1. The van der Waals surface area contributed by atoms with E-state index in [0.717, 1.165) is 25.7 Å². The van der Waals surface area contributed by atoms with E-state index in [4.69, 9.17) is 10.5 Å². The molecule has 1 heterocycles. The van der Waals surface area contributed by atoms with E-state index in [-0.39, 0.29) is 17.9 Å². The molecule has 25 heavy (non-hydrogen) atoms. The number of nitrogens with two attached hydrogens (primary N) is 1. The molecule has 2 fully saturated rings. The van der Waals surface area contributed by atoms with Crippen molar-refractivity contribution in [3.63, 3.8) is 0 Å². The van der Waals surface area contributed by atoms with Gasteiger partial charge in [-0.3, -0.25) is 9.52 Å². The molecular weight excluding hydrogens is 342 g/mol. The smallest absolute Gasteiger partial charge is 0.245 e. The van der Waals surface area contributed by atoms with Gasteiger partial charge >= 0.3 is 0 Å². The van der Waals surface area contributed by atoms with Crippen LogP contribution in [0, 0.1) is 11.3 Å². The molecule has 0 spiro atoms. The van der Waals surface area contributed by atoms with Crippen LogP contribution in [0.5, 0.6) is 0 Å². The third-order valence-electron chi connectivity index (χ3n) is 5.51. The standard InChI is InChI=1S/C17H25N3O4S/c1-16(2)14-13(5-4-10-24-14)17(16,18)15(21)19-11-6-8-12(9-7-11)20-25(3,22)23/h6-9,13-14,20H,4-5,10,18H2,1-3H3,(H,19,21). The first-order valence-corrected chi connectivity index (χ1v) is 10.2. The molecule has 2 aliphatic rings. The van der Waals surface area contributed by atoms with E-state index in [9.17, 15) is 13.2 Å². The fourth-order valence-corrected chi connectivity index (χ4v) is 4.67. The molecule has 0 radical (unpaired) electrons. The third kappa shape index (κ3) is 3.02. The van der Waals surface area contributed by atoms with Crippen molar-refractivity contribution in [1.29, 1.82) is 0 Å². The van der Waals surface area contributed by atoms with Gasteiger partial charge in [0.05, 0.1) is 12.4 Å². The molecule has 1 aromatic rings. The molecule has 8 heteroatoms. The van der Waals surface area contributed by atoms with Crippen LogP contribution in [0.25, 0.3) is 0 Å². The van der Waals surface area contributed by atoms with E-state index in [1.165, 1.54) is 0 Å². The highest BCUT2D eigenvalue weighted by Crippen LogP contribution is 2.57. The molecular formula is C17H25N3O4S. The van der Waals surface area contributed by atoms with Crippen molar-refractivity contribution in [3.05, 3.63) is 24.3 Å². The van der Waals surface area contributed by atoms with Crippen molar-refractivity contribution < 1.29 is 17.9 Å². The fraction of sp³-hybridized carbons (Fsp3) is 0.588. The Bertz CT molecular complexity index is 776. The summed E-state index contributed by atoms with van der Waals surface area (Å²) < 4.78 is 30.7. The summed E-state index contributed by atoms with van der Waals surface area (Å²) in [5, 5.41) is 2.87. The lowest BCUT2D eigenvalue weighted by Crippen LogP contribution is -2.81. The van der Waals surface area contributed by atoms with Crippen LogP contribution in [0.15, 0.2) is 24.3 Å². The van der Waals surface area contributed by atoms with Gasteiger partial charge in [-0.25, -0.2) is 8.42 Å². The zero-order valence-electron chi connectivity index (χ0n) is 14.7. The fourth-order valence-electron chi connectivity index (χ4n) is 4.11. The van der Waals surface area contributed by atoms with E-state index in [2.05, 4.69) is 10.0 Å². The summed E-state index contributed by atoms with van der Waals surface area (Å²) in [5.74, 6) is -0.213. The maximum Gasteiger partial charge on any atom is 0.245 e. The van der Waals surface area contributed by atoms with Gasteiger partial charge in [0.15, 0.2) is 0 Å².